The predicted molar refractivity (Wildman–Crippen MR) is 94.4 cm³/mol. The Kier molecular flexibility index (Phi) is 7.28. The van der Waals surface area contributed by atoms with Crippen LogP contribution in [0.25, 0.3) is 0 Å². The molecule has 1 aromatic carbocycles. The zero-order chi connectivity index (χ0) is 14.9. The summed E-state index contributed by atoms with van der Waals surface area (Å²) in [5, 5.41) is 8.88. The molecule has 0 saturated heterocycles. The van der Waals surface area contributed by atoms with E-state index in [0.29, 0.717) is 5.92 Å². The Balaban J connectivity index is 1.92. The molecule has 0 radical (unpaired) electrons. The lowest BCUT2D eigenvalue weighted by Gasteiger charge is -2.18. The highest BCUT2D eigenvalue weighted by molar-refractivity contribution is 7.07. The first-order valence-electron chi connectivity index (χ1n) is 7.74. The van der Waals surface area contributed by atoms with Gasteiger partial charge in [-0.2, -0.15) is 11.3 Å². The number of benzene rings is 1. The van der Waals surface area contributed by atoms with Gasteiger partial charge in [-0.15, -0.1) is 0 Å². The molecule has 0 saturated carbocycles. The minimum absolute atomic E-state index is 0.636. The molecule has 3 heteroatoms. The van der Waals surface area contributed by atoms with Crippen molar-refractivity contribution >= 4 is 22.9 Å². The van der Waals surface area contributed by atoms with Crippen molar-refractivity contribution in [2.75, 3.05) is 13.1 Å². The van der Waals surface area contributed by atoms with Gasteiger partial charge < -0.3 is 5.32 Å². The van der Waals surface area contributed by atoms with Crippen LogP contribution in [0, 0.1) is 5.92 Å². The molecule has 0 aliphatic carbocycles. The highest BCUT2D eigenvalue weighted by Crippen LogP contribution is 2.22. The van der Waals surface area contributed by atoms with E-state index in [2.05, 4.69) is 41.2 Å². The number of nitrogens with one attached hydrogen (secondary N) is 1. The number of aryl methyl sites for hydroxylation is 1. The molecule has 2 rings (SSSR count). The van der Waals surface area contributed by atoms with Gasteiger partial charge in [0.15, 0.2) is 0 Å². The fourth-order valence-electron chi connectivity index (χ4n) is 2.54. The van der Waals surface area contributed by atoms with Crippen molar-refractivity contribution in [1.29, 1.82) is 0 Å². The molecule has 114 valence electrons. The van der Waals surface area contributed by atoms with Crippen LogP contribution in [0.4, 0.5) is 0 Å². The SMILES string of the molecule is CCCNCC(CCc1ccsc1)Cc1ccccc1Cl. The third kappa shape index (κ3) is 5.82. The molecule has 1 aromatic heterocycles. The Bertz CT molecular complexity index is 510. The standard InChI is InChI=1S/C18H24ClNS/c1-2-10-20-13-16(8-7-15-9-11-21-14-15)12-17-5-3-4-6-18(17)19/h3-6,9,11,14,16,20H,2,7-8,10,12-13H2,1H3. The number of halogens is 1. The van der Waals surface area contributed by atoms with Crippen molar-refractivity contribution < 1.29 is 0 Å². The lowest BCUT2D eigenvalue weighted by molar-refractivity contribution is 0.444. The van der Waals surface area contributed by atoms with Gasteiger partial charge in [-0.1, -0.05) is 36.7 Å². The predicted octanol–water partition coefficient (Wildman–Crippen LogP) is 5.19. The second-order valence-electron chi connectivity index (χ2n) is 5.54. The van der Waals surface area contributed by atoms with Crippen molar-refractivity contribution in [3.8, 4) is 0 Å². The van der Waals surface area contributed by atoms with Gasteiger partial charge in [0.25, 0.3) is 0 Å². The van der Waals surface area contributed by atoms with Crippen LogP contribution in [-0.2, 0) is 12.8 Å². The van der Waals surface area contributed by atoms with E-state index in [9.17, 15) is 0 Å². The van der Waals surface area contributed by atoms with E-state index in [1.165, 1.54) is 24.0 Å². The average molecular weight is 322 g/mol. The lowest BCUT2D eigenvalue weighted by atomic mass is 9.93. The summed E-state index contributed by atoms with van der Waals surface area (Å²) in [4.78, 5) is 0. The molecule has 0 spiro atoms. The molecule has 1 heterocycles. The number of rotatable bonds is 9. The molecule has 21 heavy (non-hydrogen) atoms. The number of thiophene rings is 1. The second-order valence-corrected chi connectivity index (χ2v) is 6.72. The quantitative estimate of drug-likeness (QED) is 0.626. The summed E-state index contributed by atoms with van der Waals surface area (Å²) in [7, 11) is 0. The summed E-state index contributed by atoms with van der Waals surface area (Å²) in [5.41, 5.74) is 2.73. The minimum Gasteiger partial charge on any atom is -0.316 e. The summed E-state index contributed by atoms with van der Waals surface area (Å²) in [5.74, 6) is 0.636. The van der Waals surface area contributed by atoms with Crippen LogP contribution in [0.1, 0.15) is 30.9 Å². The van der Waals surface area contributed by atoms with Gasteiger partial charge in [0.05, 0.1) is 0 Å². The normalized spacial score (nSPS) is 12.5. The Hall–Kier alpha value is -0.830. The van der Waals surface area contributed by atoms with Crippen LogP contribution < -0.4 is 5.32 Å². The first-order valence-corrected chi connectivity index (χ1v) is 9.07. The van der Waals surface area contributed by atoms with Crippen LogP contribution in [0.15, 0.2) is 41.1 Å². The van der Waals surface area contributed by atoms with Crippen LogP contribution in [-0.4, -0.2) is 13.1 Å². The van der Waals surface area contributed by atoms with E-state index < -0.39 is 0 Å². The van der Waals surface area contributed by atoms with Crippen LogP contribution in [0.3, 0.4) is 0 Å². The lowest BCUT2D eigenvalue weighted by Crippen LogP contribution is -2.25. The number of hydrogen-bond acceptors (Lipinski definition) is 2. The summed E-state index contributed by atoms with van der Waals surface area (Å²) in [6.45, 7) is 4.38. The Morgan fingerprint density at radius 1 is 1.24 bits per heavy atom. The summed E-state index contributed by atoms with van der Waals surface area (Å²) in [6.07, 6.45) is 4.61. The Morgan fingerprint density at radius 3 is 2.81 bits per heavy atom. The summed E-state index contributed by atoms with van der Waals surface area (Å²) in [6, 6.07) is 10.5. The largest absolute Gasteiger partial charge is 0.316 e. The van der Waals surface area contributed by atoms with Gasteiger partial charge in [-0.3, -0.25) is 0 Å². The van der Waals surface area contributed by atoms with E-state index >= 15 is 0 Å². The minimum atomic E-state index is 0.636. The van der Waals surface area contributed by atoms with Crippen molar-refractivity contribution in [3.05, 3.63) is 57.2 Å². The first-order chi connectivity index (χ1) is 10.3. The summed E-state index contributed by atoms with van der Waals surface area (Å²) >= 11 is 8.09. The molecule has 0 amide bonds. The molecule has 1 nitrogen and oxygen atoms in total. The molecule has 0 aliphatic heterocycles. The highest BCUT2D eigenvalue weighted by atomic mass is 35.5. The topological polar surface area (TPSA) is 12.0 Å². The molecule has 0 fully saturated rings. The van der Waals surface area contributed by atoms with Crippen LogP contribution >= 0.6 is 22.9 Å². The van der Waals surface area contributed by atoms with E-state index in [0.717, 1.165) is 31.0 Å². The zero-order valence-electron chi connectivity index (χ0n) is 12.6. The molecular weight excluding hydrogens is 298 g/mol. The number of hydrogen-bond donors (Lipinski definition) is 1. The molecule has 1 atom stereocenters. The second kappa shape index (κ2) is 9.24. The molecule has 0 aliphatic rings. The van der Waals surface area contributed by atoms with E-state index in [1.807, 2.05) is 12.1 Å². The third-order valence-electron chi connectivity index (χ3n) is 3.75. The van der Waals surface area contributed by atoms with E-state index in [1.54, 1.807) is 11.3 Å². The van der Waals surface area contributed by atoms with Crippen molar-refractivity contribution in [2.24, 2.45) is 5.92 Å². The monoisotopic (exact) mass is 321 g/mol. The molecule has 1 unspecified atom stereocenters. The molecular formula is C18H24ClNS. The van der Waals surface area contributed by atoms with Gasteiger partial charge in [-0.25, -0.2) is 0 Å². The fraction of sp³-hybridized carbons (Fsp3) is 0.444. The van der Waals surface area contributed by atoms with Gasteiger partial charge >= 0.3 is 0 Å². The Morgan fingerprint density at radius 2 is 2.10 bits per heavy atom. The molecule has 0 bridgehead atoms. The van der Waals surface area contributed by atoms with Crippen molar-refractivity contribution in [2.45, 2.75) is 32.6 Å². The zero-order valence-corrected chi connectivity index (χ0v) is 14.2. The van der Waals surface area contributed by atoms with Gasteiger partial charge in [0.1, 0.15) is 0 Å². The third-order valence-corrected chi connectivity index (χ3v) is 4.85. The van der Waals surface area contributed by atoms with Gasteiger partial charge in [-0.05, 0) is 78.7 Å². The van der Waals surface area contributed by atoms with E-state index in [-0.39, 0.29) is 0 Å². The van der Waals surface area contributed by atoms with Gasteiger partial charge in [0, 0.05) is 5.02 Å². The summed E-state index contributed by atoms with van der Waals surface area (Å²) < 4.78 is 0. The van der Waals surface area contributed by atoms with E-state index in [4.69, 9.17) is 11.6 Å². The molecule has 1 N–H and O–H groups in total. The Labute approximate surface area is 137 Å². The maximum absolute atomic E-state index is 6.31. The van der Waals surface area contributed by atoms with Crippen molar-refractivity contribution in [1.82, 2.24) is 5.32 Å². The van der Waals surface area contributed by atoms with Gasteiger partial charge in [0.2, 0.25) is 0 Å². The fourth-order valence-corrected chi connectivity index (χ4v) is 3.46. The van der Waals surface area contributed by atoms with Crippen LogP contribution in [0.5, 0.6) is 0 Å². The average Bonchev–Trinajstić information content (AvgIpc) is 3.00. The van der Waals surface area contributed by atoms with Crippen molar-refractivity contribution in [3.63, 3.8) is 0 Å². The van der Waals surface area contributed by atoms with Crippen LogP contribution in [0.2, 0.25) is 5.02 Å². The maximum atomic E-state index is 6.31. The first kappa shape index (κ1) is 16.5. The maximum Gasteiger partial charge on any atom is 0.0438 e. The smallest absolute Gasteiger partial charge is 0.0438 e. The molecule has 2 aromatic rings. The highest BCUT2D eigenvalue weighted by Gasteiger charge is 2.12.